The van der Waals surface area contributed by atoms with Crippen molar-refractivity contribution in [2.24, 2.45) is 5.92 Å². The average Bonchev–Trinajstić information content (AvgIpc) is 2.87. The first-order chi connectivity index (χ1) is 14.0. The van der Waals surface area contributed by atoms with Crippen molar-refractivity contribution in [1.29, 1.82) is 0 Å². The predicted molar refractivity (Wildman–Crippen MR) is 120 cm³/mol. The van der Waals surface area contributed by atoms with Gasteiger partial charge in [0.1, 0.15) is 5.75 Å². The molecule has 0 bridgehead atoms. The van der Waals surface area contributed by atoms with Gasteiger partial charge in [-0.2, -0.15) is 0 Å². The van der Waals surface area contributed by atoms with E-state index in [-0.39, 0.29) is 5.92 Å². The molecule has 1 fully saturated rings. The fraction of sp³-hybridized carbons (Fsp3) is 0.385. The molecule has 0 spiro atoms. The minimum atomic E-state index is -1.14. The van der Waals surface area contributed by atoms with Crippen LogP contribution in [-0.2, 0) is 0 Å². The summed E-state index contributed by atoms with van der Waals surface area (Å²) < 4.78 is 5.27. The van der Waals surface area contributed by atoms with Crippen LogP contribution in [0.25, 0.3) is 6.08 Å². The normalized spacial score (nSPS) is 23.3. The zero-order chi connectivity index (χ0) is 20.7. The van der Waals surface area contributed by atoms with Gasteiger partial charge in [-0.1, -0.05) is 54.7 Å². The van der Waals surface area contributed by atoms with Gasteiger partial charge in [-0.25, -0.2) is 0 Å². The minimum absolute atomic E-state index is 0.0701. The molecule has 2 atom stereocenters. The molecule has 0 amide bonds. The van der Waals surface area contributed by atoms with Crippen molar-refractivity contribution in [3.05, 3.63) is 71.3 Å². The van der Waals surface area contributed by atoms with E-state index in [9.17, 15) is 5.11 Å². The Bertz CT molecular complexity index is 874. The summed E-state index contributed by atoms with van der Waals surface area (Å²) in [4.78, 5) is 2.15. The Morgan fingerprint density at radius 2 is 1.83 bits per heavy atom. The lowest BCUT2D eigenvalue weighted by atomic mass is 9.79. The Hall–Kier alpha value is -2.54. The van der Waals surface area contributed by atoms with Gasteiger partial charge in [-0.3, -0.25) is 0 Å². The molecule has 0 radical (unpaired) electrons. The lowest BCUT2D eigenvalue weighted by Gasteiger charge is -2.34. The van der Waals surface area contributed by atoms with E-state index in [2.05, 4.69) is 36.9 Å². The fourth-order valence-corrected chi connectivity index (χ4v) is 3.99. The van der Waals surface area contributed by atoms with Gasteiger partial charge in [-0.05, 0) is 68.8 Å². The topological polar surface area (TPSA) is 32.7 Å². The van der Waals surface area contributed by atoms with Crippen molar-refractivity contribution in [2.75, 3.05) is 27.7 Å². The van der Waals surface area contributed by atoms with E-state index in [1.165, 1.54) is 0 Å². The van der Waals surface area contributed by atoms with Crippen LogP contribution < -0.4 is 4.74 Å². The second-order valence-electron chi connectivity index (χ2n) is 8.03. The van der Waals surface area contributed by atoms with Crippen LogP contribution in [0, 0.1) is 17.8 Å². The number of hydrogen-bond acceptors (Lipinski definition) is 3. The maximum absolute atomic E-state index is 11.9. The molecule has 3 nitrogen and oxygen atoms in total. The first-order valence-electron chi connectivity index (χ1n) is 10.3. The minimum Gasteiger partial charge on any atom is -0.497 e. The van der Waals surface area contributed by atoms with E-state index in [1.54, 1.807) is 7.11 Å². The summed E-state index contributed by atoms with van der Waals surface area (Å²) in [6, 6.07) is 17.9. The van der Waals surface area contributed by atoms with Crippen LogP contribution in [0.5, 0.6) is 5.75 Å². The Kier molecular flexibility index (Phi) is 7.14. The van der Waals surface area contributed by atoms with E-state index in [1.807, 2.05) is 54.6 Å². The molecule has 3 rings (SSSR count). The Balaban J connectivity index is 2.04. The maximum atomic E-state index is 11.9. The molecule has 0 heterocycles. The SMILES string of the molecule is COc1ccc(/C=C2\CCCCC(CN(C)C)C2(O)C#Cc2ccccc2)cc1. The lowest BCUT2D eigenvalue weighted by Crippen LogP contribution is -2.43. The number of methoxy groups -OCH3 is 1. The molecule has 2 aromatic carbocycles. The highest BCUT2D eigenvalue weighted by Gasteiger charge is 2.40. The van der Waals surface area contributed by atoms with Crippen molar-refractivity contribution in [1.82, 2.24) is 4.90 Å². The molecular formula is C26H31NO2. The molecule has 2 unspecified atom stereocenters. The number of aliphatic hydroxyl groups is 1. The van der Waals surface area contributed by atoms with Gasteiger partial charge < -0.3 is 14.7 Å². The first kappa shape index (κ1) is 21.2. The maximum Gasteiger partial charge on any atom is 0.151 e. The van der Waals surface area contributed by atoms with Gasteiger partial charge in [0.2, 0.25) is 0 Å². The van der Waals surface area contributed by atoms with Crippen LogP contribution in [0.4, 0.5) is 0 Å². The smallest absolute Gasteiger partial charge is 0.151 e. The number of nitrogens with zero attached hydrogens (tertiary/aromatic N) is 1. The molecule has 29 heavy (non-hydrogen) atoms. The van der Waals surface area contributed by atoms with E-state index in [4.69, 9.17) is 4.74 Å². The summed E-state index contributed by atoms with van der Waals surface area (Å²) >= 11 is 0. The molecule has 1 aliphatic rings. The molecule has 1 saturated carbocycles. The van der Waals surface area contributed by atoms with E-state index >= 15 is 0 Å². The lowest BCUT2D eigenvalue weighted by molar-refractivity contribution is 0.0569. The standard InChI is InChI=1S/C26H31NO2/c1-27(2)20-24-12-8-7-11-23(19-22-13-15-25(29-3)16-14-22)26(24,28)18-17-21-9-5-4-6-10-21/h4-6,9-10,13-16,19,24,28H,7-8,11-12,20H2,1-3H3/b23-19+. The van der Waals surface area contributed by atoms with Crippen LogP contribution in [0.2, 0.25) is 0 Å². The van der Waals surface area contributed by atoms with Crippen molar-refractivity contribution in [3.8, 4) is 17.6 Å². The summed E-state index contributed by atoms with van der Waals surface area (Å²) in [5.74, 6) is 7.43. The molecule has 152 valence electrons. The van der Waals surface area contributed by atoms with Crippen LogP contribution in [-0.4, -0.2) is 43.4 Å². The third kappa shape index (κ3) is 5.50. The highest BCUT2D eigenvalue weighted by atomic mass is 16.5. The third-order valence-corrected chi connectivity index (χ3v) is 5.54. The molecule has 1 N–H and O–H groups in total. The van der Waals surface area contributed by atoms with Gasteiger partial charge in [0.25, 0.3) is 0 Å². The van der Waals surface area contributed by atoms with Gasteiger partial charge in [-0.15, -0.1) is 0 Å². The predicted octanol–water partition coefficient (Wildman–Crippen LogP) is 4.61. The van der Waals surface area contributed by atoms with Crippen LogP contribution in [0.1, 0.15) is 36.8 Å². The molecule has 1 aliphatic carbocycles. The highest BCUT2D eigenvalue weighted by Crippen LogP contribution is 2.38. The second kappa shape index (κ2) is 9.78. The zero-order valence-corrected chi connectivity index (χ0v) is 17.7. The fourth-order valence-electron chi connectivity index (χ4n) is 3.99. The highest BCUT2D eigenvalue weighted by molar-refractivity contribution is 5.59. The summed E-state index contributed by atoms with van der Waals surface area (Å²) in [6.07, 6.45) is 6.12. The molecule has 0 aliphatic heterocycles. The molecule has 2 aromatic rings. The van der Waals surface area contributed by atoms with Gasteiger partial charge in [0, 0.05) is 18.0 Å². The largest absolute Gasteiger partial charge is 0.497 e. The second-order valence-corrected chi connectivity index (χ2v) is 8.03. The van der Waals surface area contributed by atoms with Crippen molar-refractivity contribution < 1.29 is 9.84 Å². The molecule has 3 heteroatoms. The van der Waals surface area contributed by atoms with Crippen LogP contribution >= 0.6 is 0 Å². The number of benzene rings is 2. The summed E-state index contributed by atoms with van der Waals surface area (Å²) in [6.45, 7) is 0.805. The zero-order valence-electron chi connectivity index (χ0n) is 17.7. The van der Waals surface area contributed by atoms with Crippen molar-refractivity contribution in [2.45, 2.75) is 31.3 Å². The summed E-state index contributed by atoms with van der Waals surface area (Å²) in [5.41, 5.74) is 1.86. The number of rotatable bonds is 4. The Morgan fingerprint density at radius 3 is 2.48 bits per heavy atom. The molecule has 0 saturated heterocycles. The Morgan fingerprint density at radius 1 is 1.10 bits per heavy atom. The van der Waals surface area contributed by atoms with E-state index in [0.29, 0.717) is 0 Å². The monoisotopic (exact) mass is 389 g/mol. The van der Waals surface area contributed by atoms with Gasteiger partial charge in [0.15, 0.2) is 5.60 Å². The molecular weight excluding hydrogens is 358 g/mol. The van der Waals surface area contributed by atoms with Crippen molar-refractivity contribution in [3.63, 3.8) is 0 Å². The van der Waals surface area contributed by atoms with Crippen LogP contribution in [0.15, 0.2) is 60.2 Å². The average molecular weight is 390 g/mol. The summed E-state index contributed by atoms with van der Waals surface area (Å²) in [5, 5.41) is 11.9. The summed E-state index contributed by atoms with van der Waals surface area (Å²) in [7, 11) is 5.79. The Labute approximate surface area is 175 Å². The quantitative estimate of drug-likeness (QED) is 0.612. The van der Waals surface area contributed by atoms with Crippen LogP contribution in [0.3, 0.4) is 0 Å². The van der Waals surface area contributed by atoms with Gasteiger partial charge >= 0.3 is 0 Å². The number of ether oxygens (including phenoxy) is 1. The van der Waals surface area contributed by atoms with Gasteiger partial charge in [0.05, 0.1) is 7.11 Å². The van der Waals surface area contributed by atoms with E-state index in [0.717, 1.165) is 54.7 Å². The third-order valence-electron chi connectivity index (χ3n) is 5.54. The first-order valence-corrected chi connectivity index (χ1v) is 10.3. The van der Waals surface area contributed by atoms with Crippen molar-refractivity contribution >= 4 is 6.08 Å². The number of hydrogen-bond donors (Lipinski definition) is 1. The van der Waals surface area contributed by atoms with E-state index < -0.39 is 5.60 Å². The molecule has 0 aromatic heterocycles.